The maximum Gasteiger partial charge on any atom is 0.261 e. The first-order valence-corrected chi connectivity index (χ1v) is 14.6. The van der Waals surface area contributed by atoms with Gasteiger partial charge in [-0.3, -0.25) is 9.44 Å². The van der Waals surface area contributed by atoms with Crippen molar-refractivity contribution >= 4 is 37.1 Å². The smallest absolute Gasteiger partial charge is 0.261 e. The van der Waals surface area contributed by atoms with Gasteiger partial charge in [0.25, 0.3) is 20.0 Å². The summed E-state index contributed by atoms with van der Waals surface area (Å²) in [6.07, 6.45) is 0. The lowest BCUT2D eigenvalue weighted by atomic mass is 10.0. The van der Waals surface area contributed by atoms with Gasteiger partial charge in [-0.05, 0) is 50.2 Å². The molecule has 0 aromatic heterocycles. The maximum atomic E-state index is 13.3. The molecule has 0 saturated carbocycles. The Kier molecular flexibility index (Phi) is 7.84. The van der Waals surface area contributed by atoms with Crippen LogP contribution in [-0.2, 0) is 24.9 Å². The number of hydrogen-bond acceptors (Lipinski definition) is 6. The minimum atomic E-state index is -4.05. The Hall–Kier alpha value is -4.15. The molecule has 0 heterocycles. The number of hydrogen-bond donors (Lipinski definition) is 2. The molecule has 4 aromatic carbocycles. The molecule has 2 N–H and O–H groups in total. The average molecular weight is 550 g/mol. The third-order valence-electron chi connectivity index (χ3n) is 5.67. The van der Waals surface area contributed by atoms with Crippen LogP contribution in [0.3, 0.4) is 0 Å². The highest BCUT2D eigenvalue weighted by atomic mass is 32.2. The van der Waals surface area contributed by atoms with Gasteiger partial charge in [0.05, 0.1) is 21.2 Å². The number of nitrogens with one attached hydrogen (secondary N) is 2. The third kappa shape index (κ3) is 6.21. The molecular formula is C28H27N3O5S2. The Morgan fingerprint density at radius 1 is 0.632 bits per heavy atom. The lowest BCUT2D eigenvalue weighted by molar-refractivity contribution is 0.214. The molecule has 0 aliphatic rings. The number of benzene rings is 4. The SMILES string of the molecule is CON=C(c1ccccc1)c1ccc(NS(=O)(=O)c2ccc(C)cc2)c(NS(=O)(=O)c2ccc(C)cc2)c1. The molecule has 196 valence electrons. The Balaban J connectivity index is 1.81. The van der Waals surface area contributed by atoms with Gasteiger partial charge in [0.15, 0.2) is 0 Å². The molecule has 0 fully saturated rings. The molecule has 0 saturated heterocycles. The number of anilines is 2. The summed E-state index contributed by atoms with van der Waals surface area (Å²) in [5.74, 6) is 0. The zero-order chi connectivity index (χ0) is 27.3. The monoisotopic (exact) mass is 549 g/mol. The summed E-state index contributed by atoms with van der Waals surface area (Å²) in [4.78, 5) is 5.13. The summed E-state index contributed by atoms with van der Waals surface area (Å²) in [6.45, 7) is 3.71. The zero-order valence-corrected chi connectivity index (χ0v) is 22.7. The molecule has 0 radical (unpaired) electrons. The fraction of sp³-hybridized carbons (Fsp3) is 0.107. The molecule has 38 heavy (non-hydrogen) atoms. The maximum absolute atomic E-state index is 13.3. The van der Waals surface area contributed by atoms with Crippen LogP contribution < -0.4 is 9.44 Å². The average Bonchev–Trinajstić information content (AvgIpc) is 2.89. The molecule has 0 aliphatic carbocycles. The first kappa shape index (κ1) is 26.9. The molecule has 4 rings (SSSR count). The van der Waals surface area contributed by atoms with Crippen LogP contribution >= 0.6 is 0 Å². The number of oxime groups is 1. The van der Waals surface area contributed by atoms with Crippen LogP contribution in [0.25, 0.3) is 0 Å². The minimum Gasteiger partial charge on any atom is -0.399 e. The van der Waals surface area contributed by atoms with E-state index in [4.69, 9.17) is 4.84 Å². The van der Waals surface area contributed by atoms with E-state index in [0.29, 0.717) is 11.3 Å². The van der Waals surface area contributed by atoms with Gasteiger partial charge in [-0.1, -0.05) is 76.9 Å². The van der Waals surface area contributed by atoms with Crippen molar-refractivity contribution in [3.8, 4) is 0 Å². The quantitative estimate of drug-likeness (QED) is 0.217. The van der Waals surface area contributed by atoms with Crippen molar-refractivity contribution in [3.63, 3.8) is 0 Å². The molecule has 0 spiro atoms. The number of sulfonamides is 2. The van der Waals surface area contributed by atoms with Crippen molar-refractivity contribution in [2.24, 2.45) is 5.16 Å². The van der Waals surface area contributed by atoms with Crippen molar-refractivity contribution < 1.29 is 21.7 Å². The van der Waals surface area contributed by atoms with E-state index in [1.807, 2.05) is 44.2 Å². The van der Waals surface area contributed by atoms with Gasteiger partial charge in [0.1, 0.15) is 12.8 Å². The van der Waals surface area contributed by atoms with Gasteiger partial charge in [0.2, 0.25) is 0 Å². The third-order valence-corrected chi connectivity index (χ3v) is 8.44. The van der Waals surface area contributed by atoms with Crippen molar-refractivity contribution in [3.05, 3.63) is 119 Å². The standard InChI is InChI=1S/C28H27N3O5S2/c1-20-9-14-24(15-10-20)37(32,33)30-26-18-13-23(28(29-36-3)22-7-5-4-6-8-22)19-27(26)31-38(34,35)25-16-11-21(2)12-17-25/h4-19,30-31H,1-3H3. The predicted octanol–water partition coefficient (Wildman–Crippen LogP) is 5.30. The molecule has 4 aromatic rings. The normalized spacial score (nSPS) is 12.1. The molecular weight excluding hydrogens is 522 g/mol. The molecule has 10 heteroatoms. The topological polar surface area (TPSA) is 114 Å². The molecule has 0 aliphatic heterocycles. The largest absolute Gasteiger partial charge is 0.399 e. The second kappa shape index (κ2) is 11.1. The van der Waals surface area contributed by atoms with E-state index in [-0.39, 0.29) is 21.2 Å². The summed E-state index contributed by atoms with van der Waals surface area (Å²) >= 11 is 0. The van der Waals surface area contributed by atoms with E-state index < -0.39 is 20.0 Å². The van der Waals surface area contributed by atoms with E-state index in [9.17, 15) is 16.8 Å². The Morgan fingerprint density at radius 3 is 1.63 bits per heavy atom. The second-order valence-corrected chi connectivity index (χ2v) is 12.0. The molecule has 8 nitrogen and oxygen atoms in total. The van der Waals surface area contributed by atoms with Crippen LogP contribution in [-0.4, -0.2) is 29.7 Å². The van der Waals surface area contributed by atoms with Crippen molar-refractivity contribution in [1.82, 2.24) is 0 Å². The summed E-state index contributed by atoms with van der Waals surface area (Å²) < 4.78 is 57.9. The van der Waals surface area contributed by atoms with Crippen LogP contribution in [0.1, 0.15) is 22.3 Å². The predicted molar refractivity (Wildman–Crippen MR) is 150 cm³/mol. The van der Waals surface area contributed by atoms with Crippen LogP contribution in [0.4, 0.5) is 11.4 Å². The van der Waals surface area contributed by atoms with Crippen molar-refractivity contribution in [2.45, 2.75) is 23.6 Å². The van der Waals surface area contributed by atoms with Crippen LogP contribution in [0.15, 0.2) is 112 Å². The van der Waals surface area contributed by atoms with E-state index in [1.54, 1.807) is 30.3 Å². The Labute approximate surface area is 223 Å². The fourth-order valence-corrected chi connectivity index (χ4v) is 5.82. The van der Waals surface area contributed by atoms with E-state index in [2.05, 4.69) is 14.6 Å². The van der Waals surface area contributed by atoms with E-state index in [1.165, 1.54) is 43.5 Å². The summed E-state index contributed by atoms with van der Waals surface area (Å²) in [5, 5.41) is 4.13. The van der Waals surface area contributed by atoms with E-state index >= 15 is 0 Å². The van der Waals surface area contributed by atoms with Gasteiger partial charge < -0.3 is 4.84 Å². The van der Waals surface area contributed by atoms with Crippen LogP contribution in [0, 0.1) is 13.8 Å². The van der Waals surface area contributed by atoms with Gasteiger partial charge in [0, 0.05) is 11.1 Å². The van der Waals surface area contributed by atoms with Gasteiger partial charge >= 0.3 is 0 Å². The zero-order valence-electron chi connectivity index (χ0n) is 21.0. The lowest BCUT2D eigenvalue weighted by Crippen LogP contribution is -2.18. The molecule has 0 bridgehead atoms. The first-order valence-electron chi connectivity index (χ1n) is 11.6. The Morgan fingerprint density at radius 2 is 1.13 bits per heavy atom. The molecule has 0 amide bonds. The van der Waals surface area contributed by atoms with Crippen LogP contribution in [0.2, 0.25) is 0 Å². The van der Waals surface area contributed by atoms with E-state index in [0.717, 1.165) is 16.7 Å². The van der Waals surface area contributed by atoms with Crippen molar-refractivity contribution in [2.75, 3.05) is 16.6 Å². The van der Waals surface area contributed by atoms with Gasteiger partial charge in [-0.15, -0.1) is 0 Å². The summed E-state index contributed by atoms with van der Waals surface area (Å²) in [5.41, 5.74) is 3.57. The summed E-state index contributed by atoms with van der Waals surface area (Å²) in [7, 11) is -6.66. The van der Waals surface area contributed by atoms with Crippen molar-refractivity contribution in [1.29, 1.82) is 0 Å². The molecule has 0 unspecified atom stereocenters. The van der Waals surface area contributed by atoms with Crippen LogP contribution in [0.5, 0.6) is 0 Å². The number of nitrogens with zero attached hydrogens (tertiary/aromatic N) is 1. The highest BCUT2D eigenvalue weighted by molar-refractivity contribution is 7.93. The number of rotatable bonds is 9. The fourth-order valence-electron chi connectivity index (χ4n) is 3.67. The van der Waals surface area contributed by atoms with Gasteiger partial charge in [-0.25, -0.2) is 16.8 Å². The molecule has 0 atom stereocenters. The lowest BCUT2D eigenvalue weighted by Gasteiger charge is -2.17. The highest BCUT2D eigenvalue weighted by Gasteiger charge is 2.21. The first-order chi connectivity index (χ1) is 18.1. The van der Waals surface area contributed by atoms with Gasteiger partial charge in [-0.2, -0.15) is 0 Å². The second-order valence-electron chi connectivity index (χ2n) is 8.59. The highest BCUT2D eigenvalue weighted by Crippen LogP contribution is 2.30. The summed E-state index contributed by atoms with van der Waals surface area (Å²) in [6, 6.07) is 26.5. The Bertz CT molecular complexity index is 1670. The number of aryl methyl sites for hydroxylation is 2. The minimum absolute atomic E-state index is 0.0264.